The Balaban J connectivity index is 2.34. The van der Waals surface area contributed by atoms with Gasteiger partial charge in [-0.2, -0.15) is 5.10 Å². The Kier molecular flexibility index (Phi) is 2.11. The fraction of sp³-hybridized carbons (Fsp3) is 0.167. The summed E-state index contributed by atoms with van der Waals surface area (Å²) in [5.74, 6) is 0.772. The molecule has 5 nitrogen and oxygen atoms in total. The van der Waals surface area contributed by atoms with Crippen molar-refractivity contribution in [1.82, 2.24) is 24.7 Å². The summed E-state index contributed by atoms with van der Waals surface area (Å²) in [6.45, 7) is 3.97. The number of pyridine rings is 1. The van der Waals surface area contributed by atoms with E-state index in [9.17, 15) is 0 Å². The molecule has 17 heavy (non-hydrogen) atoms. The van der Waals surface area contributed by atoms with E-state index in [0.717, 1.165) is 22.6 Å². The Labute approximate surface area is 98.2 Å². The molecule has 0 spiro atoms. The van der Waals surface area contributed by atoms with E-state index >= 15 is 0 Å². The van der Waals surface area contributed by atoms with Gasteiger partial charge in [-0.15, -0.1) is 0 Å². The maximum atomic E-state index is 4.43. The third-order valence-corrected chi connectivity index (χ3v) is 2.60. The maximum absolute atomic E-state index is 4.43. The average Bonchev–Trinajstić information content (AvgIpc) is 2.68. The first kappa shape index (κ1) is 9.89. The van der Waals surface area contributed by atoms with Crippen LogP contribution in [0.4, 0.5) is 0 Å². The van der Waals surface area contributed by atoms with Gasteiger partial charge in [0.05, 0.1) is 11.1 Å². The first-order valence-corrected chi connectivity index (χ1v) is 5.35. The van der Waals surface area contributed by atoms with E-state index in [1.54, 1.807) is 6.20 Å². The predicted octanol–water partition coefficient (Wildman–Crippen LogP) is 1.83. The molecule has 3 rings (SSSR count). The van der Waals surface area contributed by atoms with Crippen LogP contribution in [0.5, 0.6) is 0 Å². The van der Waals surface area contributed by atoms with Crippen molar-refractivity contribution in [1.29, 1.82) is 0 Å². The molecular weight excluding hydrogens is 214 g/mol. The minimum Gasteiger partial charge on any atom is -0.236 e. The van der Waals surface area contributed by atoms with Crippen LogP contribution in [0.1, 0.15) is 11.4 Å². The monoisotopic (exact) mass is 225 g/mol. The molecule has 0 saturated carbocycles. The molecule has 0 aliphatic heterocycles. The number of rotatable bonds is 1. The van der Waals surface area contributed by atoms with Gasteiger partial charge in [0.1, 0.15) is 6.33 Å². The largest absolute Gasteiger partial charge is 0.236 e. The van der Waals surface area contributed by atoms with Crippen molar-refractivity contribution in [2.75, 3.05) is 0 Å². The Morgan fingerprint density at radius 3 is 2.76 bits per heavy atom. The summed E-state index contributed by atoms with van der Waals surface area (Å²) in [4.78, 5) is 12.7. The fourth-order valence-corrected chi connectivity index (χ4v) is 1.89. The predicted molar refractivity (Wildman–Crippen MR) is 63.9 cm³/mol. The minimum absolute atomic E-state index is 0.685. The normalized spacial score (nSPS) is 10.9. The first-order chi connectivity index (χ1) is 8.25. The van der Waals surface area contributed by atoms with E-state index in [0.29, 0.717) is 5.65 Å². The summed E-state index contributed by atoms with van der Waals surface area (Å²) in [6, 6.07) is 5.85. The molecule has 3 heterocycles. The number of nitrogens with zero attached hydrogens (tertiary/aromatic N) is 5. The molecule has 0 fully saturated rings. The molecule has 0 aromatic carbocycles. The van der Waals surface area contributed by atoms with Gasteiger partial charge < -0.3 is 0 Å². The van der Waals surface area contributed by atoms with Crippen LogP contribution in [0.15, 0.2) is 30.7 Å². The quantitative estimate of drug-likeness (QED) is 0.634. The van der Waals surface area contributed by atoms with E-state index in [-0.39, 0.29) is 0 Å². The lowest BCUT2D eigenvalue weighted by Crippen LogP contribution is -2.03. The molecule has 0 atom stereocenters. The molecule has 0 unspecified atom stereocenters. The number of aryl methyl sites for hydroxylation is 2. The molecule has 0 saturated heterocycles. The topological polar surface area (TPSA) is 56.5 Å². The van der Waals surface area contributed by atoms with Crippen molar-refractivity contribution in [2.24, 2.45) is 0 Å². The molecule has 5 heteroatoms. The second kappa shape index (κ2) is 3.62. The van der Waals surface area contributed by atoms with Gasteiger partial charge in [0.25, 0.3) is 0 Å². The van der Waals surface area contributed by atoms with Crippen LogP contribution in [-0.4, -0.2) is 24.7 Å². The van der Waals surface area contributed by atoms with E-state index < -0.39 is 0 Å². The fourth-order valence-electron chi connectivity index (χ4n) is 1.89. The molecule has 0 aliphatic carbocycles. The van der Waals surface area contributed by atoms with Gasteiger partial charge in [0, 0.05) is 11.9 Å². The van der Waals surface area contributed by atoms with Gasteiger partial charge in [-0.1, -0.05) is 0 Å². The molecule has 84 valence electrons. The van der Waals surface area contributed by atoms with Crippen molar-refractivity contribution in [2.45, 2.75) is 13.8 Å². The highest BCUT2D eigenvalue weighted by Crippen LogP contribution is 2.17. The average molecular weight is 225 g/mol. The van der Waals surface area contributed by atoms with E-state index in [1.165, 1.54) is 6.33 Å². The smallest absolute Gasteiger partial charge is 0.166 e. The van der Waals surface area contributed by atoms with Crippen LogP contribution in [0.3, 0.4) is 0 Å². The van der Waals surface area contributed by atoms with Crippen LogP contribution in [0.2, 0.25) is 0 Å². The summed E-state index contributed by atoms with van der Waals surface area (Å²) < 4.78 is 1.82. The number of hydrogen-bond acceptors (Lipinski definition) is 4. The van der Waals surface area contributed by atoms with E-state index in [4.69, 9.17) is 0 Å². The molecular formula is C12H11N5. The van der Waals surface area contributed by atoms with Crippen molar-refractivity contribution < 1.29 is 0 Å². The van der Waals surface area contributed by atoms with Crippen LogP contribution >= 0.6 is 0 Å². The number of aromatic nitrogens is 5. The molecule has 0 bridgehead atoms. The van der Waals surface area contributed by atoms with Gasteiger partial charge in [-0.3, -0.25) is 0 Å². The summed E-state index contributed by atoms with van der Waals surface area (Å²) in [5, 5.41) is 5.33. The summed E-state index contributed by atoms with van der Waals surface area (Å²) in [5.41, 5.74) is 2.70. The van der Waals surface area contributed by atoms with Gasteiger partial charge in [-0.05, 0) is 32.0 Å². The van der Waals surface area contributed by atoms with Crippen molar-refractivity contribution in [3.63, 3.8) is 0 Å². The standard InChI is InChI=1S/C12H11N5/c1-8-6-9(2)17(16-8)12-10-4-3-5-13-11(10)14-7-15-12/h3-7H,1-2H3. The van der Waals surface area contributed by atoms with Crippen LogP contribution in [0, 0.1) is 13.8 Å². The molecule has 3 aromatic heterocycles. The zero-order valence-corrected chi connectivity index (χ0v) is 9.62. The van der Waals surface area contributed by atoms with Gasteiger partial charge in [0.2, 0.25) is 0 Å². The van der Waals surface area contributed by atoms with Crippen molar-refractivity contribution in [3.05, 3.63) is 42.1 Å². The lowest BCUT2D eigenvalue weighted by Gasteiger charge is -2.05. The Morgan fingerprint density at radius 1 is 1.12 bits per heavy atom. The zero-order valence-electron chi connectivity index (χ0n) is 9.62. The van der Waals surface area contributed by atoms with Crippen LogP contribution in [-0.2, 0) is 0 Å². The number of fused-ring (bicyclic) bond motifs is 1. The molecule has 0 N–H and O–H groups in total. The molecule has 0 amide bonds. The van der Waals surface area contributed by atoms with Gasteiger partial charge in [-0.25, -0.2) is 19.6 Å². The Hall–Kier alpha value is -2.30. The van der Waals surface area contributed by atoms with Crippen molar-refractivity contribution in [3.8, 4) is 5.82 Å². The third kappa shape index (κ3) is 1.56. The summed E-state index contributed by atoms with van der Waals surface area (Å²) >= 11 is 0. The lowest BCUT2D eigenvalue weighted by atomic mass is 10.3. The second-order valence-electron chi connectivity index (χ2n) is 3.91. The highest BCUT2D eigenvalue weighted by molar-refractivity contribution is 5.81. The second-order valence-corrected chi connectivity index (χ2v) is 3.91. The van der Waals surface area contributed by atoms with Crippen LogP contribution in [0.25, 0.3) is 16.9 Å². The van der Waals surface area contributed by atoms with E-state index in [2.05, 4.69) is 20.1 Å². The highest BCUT2D eigenvalue weighted by Gasteiger charge is 2.09. The lowest BCUT2D eigenvalue weighted by molar-refractivity contribution is 0.809. The Bertz CT molecular complexity index is 681. The first-order valence-electron chi connectivity index (χ1n) is 5.35. The minimum atomic E-state index is 0.685. The van der Waals surface area contributed by atoms with Crippen LogP contribution < -0.4 is 0 Å². The van der Waals surface area contributed by atoms with E-state index in [1.807, 2.05) is 36.7 Å². The third-order valence-electron chi connectivity index (χ3n) is 2.60. The number of hydrogen-bond donors (Lipinski definition) is 0. The highest BCUT2D eigenvalue weighted by atomic mass is 15.3. The van der Waals surface area contributed by atoms with Gasteiger partial charge in [0.15, 0.2) is 11.5 Å². The zero-order chi connectivity index (χ0) is 11.8. The molecule has 3 aromatic rings. The Morgan fingerprint density at radius 2 is 2.00 bits per heavy atom. The maximum Gasteiger partial charge on any atom is 0.166 e. The SMILES string of the molecule is Cc1cc(C)n(-c2ncnc3ncccc23)n1. The molecule has 0 aliphatic rings. The summed E-state index contributed by atoms with van der Waals surface area (Å²) in [6.07, 6.45) is 3.24. The van der Waals surface area contributed by atoms with Gasteiger partial charge >= 0.3 is 0 Å². The summed E-state index contributed by atoms with van der Waals surface area (Å²) in [7, 11) is 0. The van der Waals surface area contributed by atoms with Crippen molar-refractivity contribution >= 4 is 11.0 Å². The molecule has 0 radical (unpaired) electrons.